The number of amides is 2. The number of rotatable bonds is 8. The SMILES string of the molecule is CCc1ccccc1NC(=O)CN1CCN(C(=O)CSc2nnnn2-c2cccc(C)c2)CC1. The van der Waals surface area contributed by atoms with Crippen LogP contribution in [-0.4, -0.2) is 80.3 Å². The zero-order valence-corrected chi connectivity index (χ0v) is 20.3. The van der Waals surface area contributed by atoms with Gasteiger partial charge in [0, 0.05) is 31.9 Å². The van der Waals surface area contributed by atoms with Crippen LogP contribution in [-0.2, 0) is 16.0 Å². The molecule has 0 spiro atoms. The highest BCUT2D eigenvalue weighted by molar-refractivity contribution is 7.99. The lowest BCUT2D eigenvalue weighted by Gasteiger charge is -2.34. The van der Waals surface area contributed by atoms with Gasteiger partial charge in [-0.25, -0.2) is 0 Å². The quantitative estimate of drug-likeness (QED) is 0.496. The molecule has 2 aromatic carbocycles. The predicted molar refractivity (Wildman–Crippen MR) is 132 cm³/mol. The van der Waals surface area contributed by atoms with Crippen molar-refractivity contribution < 1.29 is 9.59 Å². The Bertz CT molecular complexity index is 1140. The van der Waals surface area contributed by atoms with Crippen molar-refractivity contribution in [1.82, 2.24) is 30.0 Å². The van der Waals surface area contributed by atoms with E-state index in [2.05, 4.69) is 32.7 Å². The van der Waals surface area contributed by atoms with E-state index < -0.39 is 0 Å². The van der Waals surface area contributed by atoms with Gasteiger partial charge in [0.2, 0.25) is 17.0 Å². The van der Waals surface area contributed by atoms with Crippen molar-refractivity contribution in [2.45, 2.75) is 25.4 Å². The first-order chi connectivity index (χ1) is 16.5. The number of benzene rings is 2. The Morgan fingerprint density at radius 2 is 1.85 bits per heavy atom. The van der Waals surface area contributed by atoms with Crippen molar-refractivity contribution >= 4 is 29.3 Å². The van der Waals surface area contributed by atoms with Crippen LogP contribution in [0.15, 0.2) is 53.7 Å². The second-order valence-corrected chi connectivity index (χ2v) is 9.16. The molecule has 0 unspecified atom stereocenters. The summed E-state index contributed by atoms with van der Waals surface area (Å²) in [6, 6.07) is 15.8. The van der Waals surface area contributed by atoms with E-state index >= 15 is 0 Å². The number of tetrazole rings is 1. The molecule has 0 saturated carbocycles. The number of hydrogen-bond donors (Lipinski definition) is 1. The molecule has 10 heteroatoms. The number of hydrogen-bond acceptors (Lipinski definition) is 7. The lowest BCUT2D eigenvalue weighted by molar-refractivity contribution is -0.130. The average Bonchev–Trinajstić information content (AvgIpc) is 3.32. The molecule has 1 aromatic heterocycles. The lowest BCUT2D eigenvalue weighted by Crippen LogP contribution is -2.50. The van der Waals surface area contributed by atoms with Crippen LogP contribution in [0.5, 0.6) is 0 Å². The number of nitrogens with one attached hydrogen (secondary N) is 1. The third-order valence-electron chi connectivity index (χ3n) is 5.78. The van der Waals surface area contributed by atoms with Crippen LogP contribution in [0.1, 0.15) is 18.1 Å². The lowest BCUT2D eigenvalue weighted by atomic mass is 10.1. The standard InChI is InChI=1S/C24H29N7O2S/c1-3-19-8-4-5-10-21(19)25-22(32)16-29-11-13-30(14-12-29)23(33)17-34-24-26-27-28-31(24)20-9-6-7-18(2)15-20/h4-10,15H,3,11-14,16-17H2,1-2H3,(H,25,32). The average molecular weight is 480 g/mol. The van der Waals surface area contributed by atoms with E-state index in [9.17, 15) is 9.59 Å². The van der Waals surface area contributed by atoms with Crippen molar-refractivity contribution in [3.8, 4) is 5.69 Å². The maximum atomic E-state index is 12.8. The van der Waals surface area contributed by atoms with Crippen molar-refractivity contribution in [3.05, 3.63) is 59.7 Å². The van der Waals surface area contributed by atoms with E-state index in [0.717, 1.165) is 28.9 Å². The maximum Gasteiger partial charge on any atom is 0.238 e. The van der Waals surface area contributed by atoms with Gasteiger partial charge in [0.25, 0.3) is 0 Å². The van der Waals surface area contributed by atoms with Crippen LogP contribution < -0.4 is 5.32 Å². The molecule has 0 aliphatic carbocycles. The summed E-state index contributed by atoms with van der Waals surface area (Å²) in [4.78, 5) is 29.2. The van der Waals surface area contributed by atoms with Gasteiger partial charge < -0.3 is 10.2 Å². The fraction of sp³-hybridized carbons (Fsp3) is 0.375. The Morgan fingerprint density at radius 1 is 1.06 bits per heavy atom. The van der Waals surface area contributed by atoms with Gasteiger partial charge in [0.05, 0.1) is 18.0 Å². The molecule has 178 valence electrons. The summed E-state index contributed by atoms with van der Waals surface area (Å²) < 4.78 is 1.65. The van der Waals surface area contributed by atoms with Crippen LogP contribution in [0.25, 0.3) is 5.69 Å². The number of nitrogens with zero attached hydrogens (tertiary/aromatic N) is 6. The first-order valence-electron chi connectivity index (χ1n) is 11.4. The van der Waals surface area contributed by atoms with Gasteiger partial charge in [-0.05, 0) is 53.1 Å². The van der Waals surface area contributed by atoms with Gasteiger partial charge in [-0.2, -0.15) is 4.68 Å². The van der Waals surface area contributed by atoms with E-state index in [1.165, 1.54) is 11.8 Å². The number of piperazine rings is 1. The fourth-order valence-corrected chi connectivity index (χ4v) is 4.70. The van der Waals surface area contributed by atoms with Gasteiger partial charge >= 0.3 is 0 Å². The highest BCUT2D eigenvalue weighted by atomic mass is 32.2. The van der Waals surface area contributed by atoms with E-state index in [1.54, 1.807) is 4.68 Å². The van der Waals surface area contributed by atoms with Gasteiger partial charge in [-0.15, -0.1) is 5.10 Å². The van der Waals surface area contributed by atoms with Crippen LogP contribution in [0, 0.1) is 6.92 Å². The second-order valence-electron chi connectivity index (χ2n) is 8.22. The minimum absolute atomic E-state index is 0.0285. The smallest absolute Gasteiger partial charge is 0.238 e. The fourth-order valence-electron chi connectivity index (χ4n) is 3.91. The Balaban J connectivity index is 1.24. The second kappa shape index (κ2) is 11.3. The third kappa shape index (κ3) is 6.00. The Kier molecular flexibility index (Phi) is 7.91. The molecule has 9 nitrogen and oxygen atoms in total. The molecule has 1 N–H and O–H groups in total. The maximum absolute atomic E-state index is 12.8. The largest absolute Gasteiger partial charge is 0.339 e. The van der Waals surface area contributed by atoms with E-state index in [-0.39, 0.29) is 17.6 Å². The zero-order valence-electron chi connectivity index (χ0n) is 19.5. The summed E-state index contributed by atoms with van der Waals surface area (Å²) in [6.07, 6.45) is 0.868. The highest BCUT2D eigenvalue weighted by Crippen LogP contribution is 2.20. The van der Waals surface area contributed by atoms with Crippen LogP contribution in [0.2, 0.25) is 0 Å². The monoisotopic (exact) mass is 479 g/mol. The van der Waals surface area contributed by atoms with E-state index in [1.807, 2.05) is 60.4 Å². The normalized spacial score (nSPS) is 14.2. The topological polar surface area (TPSA) is 96.2 Å². The van der Waals surface area contributed by atoms with Crippen molar-refractivity contribution in [1.29, 1.82) is 0 Å². The molecule has 1 aliphatic rings. The van der Waals surface area contributed by atoms with Gasteiger partial charge in [-0.1, -0.05) is 49.0 Å². The summed E-state index contributed by atoms with van der Waals surface area (Å²) in [5, 5.41) is 15.5. The Hall–Kier alpha value is -3.24. The molecule has 1 saturated heterocycles. The van der Waals surface area contributed by atoms with E-state index in [0.29, 0.717) is 37.9 Å². The molecular weight excluding hydrogens is 450 g/mol. The summed E-state index contributed by atoms with van der Waals surface area (Å²) >= 11 is 1.33. The summed E-state index contributed by atoms with van der Waals surface area (Å²) in [5.41, 5.74) is 3.97. The van der Waals surface area contributed by atoms with Crippen molar-refractivity contribution in [2.24, 2.45) is 0 Å². The number of thioether (sulfide) groups is 1. The van der Waals surface area contributed by atoms with Crippen LogP contribution in [0.4, 0.5) is 5.69 Å². The van der Waals surface area contributed by atoms with Crippen molar-refractivity contribution in [3.63, 3.8) is 0 Å². The van der Waals surface area contributed by atoms with Gasteiger partial charge in [-0.3, -0.25) is 14.5 Å². The highest BCUT2D eigenvalue weighted by Gasteiger charge is 2.23. The molecule has 2 heterocycles. The number of para-hydroxylation sites is 1. The minimum atomic E-state index is -0.0285. The van der Waals surface area contributed by atoms with Gasteiger partial charge in [0.15, 0.2) is 0 Å². The number of carbonyl (C=O) groups excluding carboxylic acids is 2. The number of aromatic nitrogens is 4. The number of aryl methyl sites for hydroxylation is 2. The van der Waals surface area contributed by atoms with Crippen LogP contribution >= 0.6 is 11.8 Å². The summed E-state index contributed by atoms with van der Waals surface area (Å²) in [7, 11) is 0. The molecule has 4 rings (SSSR count). The first-order valence-corrected chi connectivity index (χ1v) is 12.4. The Labute approximate surface area is 203 Å². The summed E-state index contributed by atoms with van der Waals surface area (Å²) in [6.45, 7) is 6.93. The molecule has 0 bridgehead atoms. The van der Waals surface area contributed by atoms with Crippen LogP contribution in [0.3, 0.4) is 0 Å². The van der Waals surface area contributed by atoms with Crippen molar-refractivity contribution in [2.75, 3.05) is 43.8 Å². The minimum Gasteiger partial charge on any atom is -0.339 e. The predicted octanol–water partition coefficient (Wildman–Crippen LogP) is 2.41. The molecule has 2 amide bonds. The molecule has 0 atom stereocenters. The first kappa shape index (κ1) is 23.9. The zero-order chi connectivity index (χ0) is 23.9. The number of anilines is 1. The van der Waals surface area contributed by atoms with Gasteiger partial charge in [0.1, 0.15) is 0 Å². The molecule has 1 aliphatic heterocycles. The number of carbonyl (C=O) groups is 2. The molecule has 1 fully saturated rings. The van der Waals surface area contributed by atoms with E-state index in [4.69, 9.17) is 0 Å². The molecule has 3 aromatic rings. The Morgan fingerprint density at radius 3 is 2.62 bits per heavy atom. The summed E-state index contributed by atoms with van der Waals surface area (Å²) in [5.74, 6) is 0.282. The molecule has 0 radical (unpaired) electrons. The molecular formula is C24H29N7O2S. The third-order valence-corrected chi connectivity index (χ3v) is 6.68. The molecule has 34 heavy (non-hydrogen) atoms.